The van der Waals surface area contributed by atoms with Gasteiger partial charge in [-0.15, -0.1) is 0 Å². The van der Waals surface area contributed by atoms with Gasteiger partial charge in [0.25, 0.3) is 0 Å². The first-order valence-electron chi connectivity index (χ1n) is 5.23. The maximum atomic E-state index is 13.6. The minimum Gasteiger partial charge on any atom is -0.371 e. The molecule has 0 unspecified atom stereocenters. The van der Waals surface area contributed by atoms with Crippen LogP contribution in [0.5, 0.6) is 0 Å². The predicted octanol–water partition coefficient (Wildman–Crippen LogP) is 1.83. The van der Waals surface area contributed by atoms with Crippen molar-refractivity contribution in [2.75, 3.05) is 24.2 Å². The summed E-state index contributed by atoms with van der Waals surface area (Å²) < 4.78 is 36.1. The lowest BCUT2D eigenvalue weighted by molar-refractivity contribution is 0.570. The predicted molar refractivity (Wildman–Crippen MR) is 61.0 cm³/mol. The van der Waals surface area contributed by atoms with Crippen molar-refractivity contribution in [3.05, 3.63) is 24.0 Å². The number of sulfone groups is 1. The zero-order valence-corrected chi connectivity index (χ0v) is 9.93. The van der Waals surface area contributed by atoms with Crippen molar-refractivity contribution in [3.8, 4) is 0 Å². The van der Waals surface area contributed by atoms with Crippen molar-refractivity contribution < 1.29 is 12.8 Å². The summed E-state index contributed by atoms with van der Waals surface area (Å²) >= 11 is 0. The standard InChI is InChI=1S/C11H14FNO2S/c1-16(14,15)11-5-4-9(8-10(11)12)13-6-2-3-7-13/h4-5,8H,2-3,6-7H2,1H3. The van der Waals surface area contributed by atoms with Crippen molar-refractivity contribution in [1.29, 1.82) is 0 Å². The van der Waals surface area contributed by atoms with Gasteiger partial charge in [0.05, 0.1) is 0 Å². The van der Waals surface area contributed by atoms with Gasteiger partial charge in [0, 0.05) is 25.0 Å². The van der Waals surface area contributed by atoms with Gasteiger partial charge in [0.2, 0.25) is 0 Å². The molecule has 1 heterocycles. The molecule has 1 aliphatic rings. The number of nitrogens with zero attached hydrogens (tertiary/aromatic N) is 1. The zero-order valence-electron chi connectivity index (χ0n) is 9.11. The van der Waals surface area contributed by atoms with Gasteiger partial charge >= 0.3 is 0 Å². The van der Waals surface area contributed by atoms with Gasteiger partial charge in [0.15, 0.2) is 9.84 Å². The average Bonchev–Trinajstić information content (AvgIpc) is 2.68. The molecule has 88 valence electrons. The molecule has 1 fully saturated rings. The molecule has 0 amide bonds. The van der Waals surface area contributed by atoms with Crippen molar-refractivity contribution in [2.45, 2.75) is 17.7 Å². The van der Waals surface area contributed by atoms with E-state index in [1.54, 1.807) is 6.07 Å². The van der Waals surface area contributed by atoms with E-state index >= 15 is 0 Å². The van der Waals surface area contributed by atoms with Crippen LogP contribution in [0.4, 0.5) is 10.1 Å². The first-order valence-corrected chi connectivity index (χ1v) is 7.12. The molecular formula is C11H14FNO2S. The van der Waals surface area contributed by atoms with Gasteiger partial charge in [-0.25, -0.2) is 12.8 Å². The number of anilines is 1. The second kappa shape index (κ2) is 4.05. The van der Waals surface area contributed by atoms with Gasteiger partial charge in [-0.05, 0) is 31.0 Å². The molecule has 5 heteroatoms. The highest BCUT2D eigenvalue weighted by Crippen LogP contribution is 2.24. The van der Waals surface area contributed by atoms with Crippen molar-refractivity contribution in [2.24, 2.45) is 0 Å². The molecule has 2 rings (SSSR count). The van der Waals surface area contributed by atoms with E-state index < -0.39 is 15.7 Å². The number of hydrogen-bond acceptors (Lipinski definition) is 3. The topological polar surface area (TPSA) is 37.4 Å². The van der Waals surface area contributed by atoms with Crippen LogP contribution in [-0.4, -0.2) is 27.8 Å². The molecule has 0 atom stereocenters. The summed E-state index contributed by atoms with van der Waals surface area (Å²) in [7, 11) is -3.47. The Kier molecular flexibility index (Phi) is 2.88. The van der Waals surface area contributed by atoms with Crippen molar-refractivity contribution in [3.63, 3.8) is 0 Å². The van der Waals surface area contributed by atoms with E-state index in [1.807, 2.05) is 0 Å². The summed E-state index contributed by atoms with van der Waals surface area (Å²) in [5.74, 6) is -0.660. The fourth-order valence-electron chi connectivity index (χ4n) is 1.96. The molecule has 1 saturated heterocycles. The molecule has 0 radical (unpaired) electrons. The molecule has 0 aromatic heterocycles. The largest absolute Gasteiger partial charge is 0.371 e. The van der Waals surface area contributed by atoms with Crippen LogP contribution >= 0.6 is 0 Å². The smallest absolute Gasteiger partial charge is 0.178 e. The van der Waals surface area contributed by atoms with Crippen molar-refractivity contribution >= 4 is 15.5 Å². The minimum absolute atomic E-state index is 0.226. The third-order valence-electron chi connectivity index (χ3n) is 2.79. The van der Waals surface area contributed by atoms with E-state index in [4.69, 9.17) is 0 Å². The Hall–Kier alpha value is -1.10. The van der Waals surface area contributed by atoms with E-state index in [1.165, 1.54) is 12.1 Å². The first-order chi connectivity index (χ1) is 7.48. The second-order valence-corrected chi connectivity index (χ2v) is 6.07. The van der Waals surface area contributed by atoms with Crippen LogP contribution in [0.2, 0.25) is 0 Å². The first kappa shape index (κ1) is 11.4. The fraction of sp³-hybridized carbons (Fsp3) is 0.455. The van der Waals surface area contributed by atoms with Crippen LogP contribution in [0.3, 0.4) is 0 Å². The molecule has 1 aromatic rings. The molecule has 0 saturated carbocycles. The molecule has 3 nitrogen and oxygen atoms in total. The molecule has 0 aliphatic carbocycles. The molecule has 16 heavy (non-hydrogen) atoms. The number of rotatable bonds is 2. The Morgan fingerprint density at radius 2 is 1.88 bits per heavy atom. The van der Waals surface area contributed by atoms with E-state index in [9.17, 15) is 12.8 Å². The molecule has 0 bridgehead atoms. The molecule has 0 N–H and O–H groups in total. The summed E-state index contributed by atoms with van der Waals surface area (Å²) in [6, 6.07) is 4.32. The van der Waals surface area contributed by atoms with Crippen molar-refractivity contribution in [1.82, 2.24) is 0 Å². The van der Waals surface area contributed by atoms with E-state index in [-0.39, 0.29) is 4.90 Å². The lowest BCUT2D eigenvalue weighted by Crippen LogP contribution is -2.18. The van der Waals surface area contributed by atoms with Crippen LogP contribution in [0, 0.1) is 5.82 Å². The monoisotopic (exact) mass is 243 g/mol. The second-order valence-electron chi connectivity index (χ2n) is 4.08. The van der Waals surface area contributed by atoms with Crippen LogP contribution in [0.15, 0.2) is 23.1 Å². The molecule has 1 aromatic carbocycles. The number of hydrogen-bond donors (Lipinski definition) is 0. The van der Waals surface area contributed by atoms with E-state index in [2.05, 4.69) is 4.90 Å². The Balaban J connectivity index is 2.36. The van der Waals surface area contributed by atoms with Crippen LogP contribution < -0.4 is 4.90 Å². The third kappa shape index (κ3) is 2.19. The molecule has 1 aliphatic heterocycles. The SMILES string of the molecule is CS(=O)(=O)c1ccc(N2CCCC2)cc1F. The maximum Gasteiger partial charge on any atom is 0.178 e. The highest BCUT2D eigenvalue weighted by molar-refractivity contribution is 7.90. The fourth-order valence-corrected chi connectivity index (χ4v) is 2.69. The highest BCUT2D eigenvalue weighted by atomic mass is 32.2. The zero-order chi connectivity index (χ0) is 11.8. The summed E-state index contributed by atoms with van der Waals surface area (Å²) in [6.45, 7) is 1.83. The van der Waals surface area contributed by atoms with Crippen LogP contribution in [0.25, 0.3) is 0 Å². The Bertz CT molecular complexity index is 493. The molecule has 0 spiro atoms. The van der Waals surface area contributed by atoms with Gasteiger partial charge in [0.1, 0.15) is 10.7 Å². The van der Waals surface area contributed by atoms with Gasteiger partial charge < -0.3 is 4.90 Å². The number of benzene rings is 1. The van der Waals surface area contributed by atoms with Crippen LogP contribution in [-0.2, 0) is 9.84 Å². The summed E-state index contributed by atoms with van der Waals surface area (Å²) in [5, 5.41) is 0. The van der Waals surface area contributed by atoms with Crippen LogP contribution in [0.1, 0.15) is 12.8 Å². The summed E-state index contributed by atoms with van der Waals surface area (Å²) in [4.78, 5) is 1.84. The minimum atomic E-state index is -3.47. The van der Waals surface area contributed by atoms with Gasteiger partial charge in [-0.3, -0.25) is 0 Å². The third-order valence-corrected chi connectivity index (χ3v) is 3.92. The average molecular weight is 243 g/mol. The Morgan fingerprint density at radius 1 is 1.25 bits per heavy atom. The van der Waals surface area contributed by atoms with Gasteiger partial charge in [-0.2, -0.15) is 0 Å². The van der Waals surface area contributed by atoms with E-state index in [0.717, 1.165) is 37.9 Å². The lowest BCUT2D eigenvalue weighted by atomic mass is 10.3. The molecular weight excluding hydrogens is 229 g/mol. The lowest BCUT2D eigenvalue weighted by Gasteiger charge is -2.17. The quantitative estimate of drug-likeness (QED) is 0.795. The Morgan fingerprint density at radius 3 is 2.38 bits per heavy atom. The maximum absolute atomic E-state index is 13.6. The van der Waals surface area contributed by atoms with Gasteiger partial charge in [-0.1, -0.05) is 0 Å². The number of halogens is 1. The van der Waals surface area contributed by atoms with E-state index in [0.29, 0.717) is 0 Å². The summed E-state index contributed by atoms with van der Waals surface area (Å²) in [5.41, 5.74) is 0.766. The highest BCUT2D eigenvalue weighted by Gasteiger charge is 2.17. The normalized spacial score (nSPS) is 16.8. The Labute approximate surface area is 94.8 Å². The summed E-state index contributed by atoms with van der Waals surface area (Å²) in [6.07, 6.45) is 3.23.